The van der Waals surface area contributed by atoms with Gasteiger partial charge in [-0.25, -0.2) is 4.79 Å². The van der Waals surface area contributed by atoms with Gasteiger partial charge >= 0.3 is 5.97 Å². The van der Waals surface area contributed by atoms with Crippen LogP contribution in [0.1, 0.15) is 10.4 Å². The van der Waals surface area contributed by atoms with Gasteiger partial charge in [0, 0.05) is 0 Å². The normalized spacial score (nSPS) is 10.2. The largest absolute Gasteiger partial charge is 0.503 e. The topological polar surface area (TPSA) is 139 Å². The molecule has 0 unspecified atom stereocenters. The van der Waals surface area contributed by atoms with Gasteiger partial charge in [-0.3, -0.25) is 0 Å². The number of carboxylic acids is 1. The van der Waals surface area contributed by atoms with Crippen LogP contribution in [-0.4, -0.2) is 21.3 Å². The Bertz CT molecular complexity index is 641. The van der Waals surface area contributed by atoms with Gasteiger partial charge in [-0.15, -0.1) is 0 Å². The van der Waals surface area contributed by atoms with Crippen LogP contribution in [0.25, 0.3) is 0 Å². The summed E-state index contributed by atoms with van der Waals surface area (Å²) in [5.41, 5.74) is 11.0. The highest BCUT2D eigenvalue weighted by Gasteiger charge is 2.17. The molecule has 2 aromatic carbocycles. The number of phenolic OH excluding ortho intramolecular Hbond substituents is 2. The van der Waals surface area contributed by atoms with Crippen molar-refractivity contribution in [2.24, 2.45) is 0 Å². The van der Waals surface area contributed by atoms with E-state index in [0.29, 0.717) is 0 Å². The summed E-state index contributed by atoms with van der Waals surface area (Å²) in [5, 5.41) is 28.3. The van der Waals surface area contributed by atoms with Crippen molar-refractivity contribution in [3.05, 3.63) is 35.9 Å². The van der Waals surface area contributed by atoms with Crippen LogP contribution in [0, 0.1) is 0 Å². The number of carboxylic acid groups (broad SMARTS) is 1. The number of phenols is 2. The van der Waals surface area contributed by atoms with Gasteiger partial charge in [0.1, 0.15) is 5.75 Å². The van der Waals surface area contributed by atoms with Crippen molar-refractivity contribution in [1.29, 1.82) is 0 Å². The van der Waals surface area contributed by atoms with Crippen molar-refractivity contribution in [1.82, 2.24) is 0 Å². The summed E-state index contributed by atoms with van der Waals surface area (Å²) in [6.45, 7) is 0. The lowest BCUT2D eigenvalue weighted by atomic mass is 10.2. The molecule has 104 valence electrons. The Morgan fingerprint density at radius 2 is 1.50 bits per heavy atom. The summed E-state index contributed by atoms with van der Waals surface area (Å²) in [4.78, 5) is 10.7. The standard InChI is InChI=1S/C13H12N2O5/c14-8-5-9(15)11(17)12(10(8)16)20-7-3-1-6(2-4-7)13(18)19/h1-5,16-17H,14-15H2,(H,18,19). The van der Waals surface area contributed by atoms with E-state index in [0.717, 1.165) is 0 Å². The Balaban J connectivity index is 2.37. The van der Waals surface area contributed by atoms with Gasteiger partial charge in [-0.1, -0.05) is 0 Å². The lowest BCUT2D eigenvalue weighted by Crippen LogP contribution is -1.97. The van der Waals surface area contributed by atoms with E-state index in [1.807, 2.05) is 0 Å². The molecule has 0 aromatic heterocycles. The molecule has 2 aromatic rings. The molecule has 0 saturated heterocycles. The number of hydrogen-bond donors (Lipinski definition) is 5. The van der Waals surface area contributed by atoms with Gasteiger partial charge in [0.2, 0.25) is 5.75 Å². The van der Waals surface area contributed by atoms with Gasteiger partial charge in [0.05, 0.1) is 16.9 Å². The third-order valence-corrected chi connectivity index (χ3v) is 2.61. The number of ether oxygens (including phenoxy) is 1. The fourth-order valence-corrected chi connectivity index (χ4v) is 1.56. The maximum Gasteiger partial charge on any atom is 0.335 e. The fourth-order valence-electron chi connectivity index (χ4n) is 1.56. The zero-order valence-corrected chi connectivity index (χ0v) is 10.2. The van der Waals surface area contributed by atoms with E-state index in [-0.39, 0.29) is 28.4 Å². The Kier molecular flexibility index (Phi) is 3.26. The maximum absolute atomic E-state index is 10.7. The van der Waals surface area contributed by atoms with E-state index in [1.165, 1.54) is 30.3 Å². The van der Waals surface area contributed by atoms with Crippen LogP contribution in [0.4, 0.5) is 11.4 Å². The fraction of sp³-hybridized carbons (Fsp3) is 0. The molecular weight excluding hydrogens is 264 g/mol. The quantitative estimate of drug-likeness (QED) is 0.327. The highest BCUT2D eigenvalue weighted by Crippen LogP contribution is 2.46. The molecule has 0 radical (unpaired) electrons. The van der Waals surface area contributed by atoms with Crippen molar-refractivity contribution in [2.75, 3.05) is 11.5 Å². The zero-order valence-electron chi connectivity index (χ0n) is 10.2. The van der Waals surface area contributed by atoms with E-state index in [4.69, 9.17) is 21.3 Å². The second-order valence-corrected chi connectivity index (χ2v) is 4.01. The Morgan fingerprint density at radius 1 is 1.00 bits per heavy atom. The first-order valence-corrected chi connectivity index (χ1v) is 5.51. The minimum atomic E-state index is -1.07. The molecule has 20 heavy (non-hydrogen) atoms. The second-order valence-electron chi connectivity index (χ2n) is 4.01. The van der Waals surface area contributed by atoms with E-state index in [9.17, 15) is 15.0 Å². The first kappa shape index (κ1) is 13.3. The third-order valence-electron chi connectivity index (χ3n) is 2.61. The minimum absolute atomic E-state index is 0.0440. The lowest BCUT2D eigenvalue weighted by molar-refractivity contribution is 0.0697. The Hall–Kier alpha value is -3.09. The SMILES string of the molecule is Nc1cc(N)c(O)c(Oc2ccc(C(=O)O)cc2)c1O. The molecule has 0 aliphatic carbocycles. The summed E-state index contributed by atoms with van der Waals surface area (Å²) in [7, 11) is 0. The lowest BCUT2D eigenvalue weighted by Gasteiger charge is -2.12. The number of nitrogen functional groups attached to an aromatic ring is 2. The molecule has 7 N–H and O–H groups in total. The van der Waals surface area contributed by atoms with Crippen LogP contribution in [0.2, 0.25) is 0 Å². The average molecular weight is 276 g/mol. The highest BCUT2D eigenvalue weighted by atomic mass is 16.5. The van der Waals surface area contributed by atoms with Crippen LogP contribution in [-0.2, 0) is 0 Å². The molecule has 0 atom stereocenters. The molecule has 0 heterocycles. The summed E-state index contributed by atoms with van der Waals surface area (Å²) < 4.78 is 5.28. The molecule has 0 aliphatic rings. The van der Waals surface area contributed by atoms with Gasteiger partial charge in [-0.05, 0) is 30.3 Å². The summed E-state index contributed by atoms with van der Waals surface area (Å²) in [6, 6.07) is 6.59. The number of hydrogen-bond acceptors (Lipinski definition) is 6. The minimum Gasteiger partial charge on any atom is -0.503 e. The first-order valence-electron chi connectivity index (χ1n) is 5.51. The number of carbonyl (C=O) groups is 1. The van der Waals surface area contributed by atoms with Gasteiger partial charge < -0.3 is 31.5 Å². The molecule has 7 heteroatoms. The van der Waals surface area contributed by atoms with Crippen molar-refractivity contribution >= 4 is 17.3 Å². The van der Waals surface area contributed by atoms with Crippen molar-refractivity contribution < 1.29 is 24.9 Å². The molecular formula is C13H12N2O5. The van der Waals surface area contributed by atoms with E-state index in [1.54, 1.807) is 0 Å². The molecule has 0 amide bonds. The van der Waals surface area contributed by atoms with Gasteiger partial charge in [0.15, 0.2) is 11.5 Å². The van der Waals surface area contributed by atoms with E-state index < -0.39 is 17.5 Å². The molecule has 0 fully saturated rings. The Labute approximate surface area is 113 Å². The first-order chi connectivity index (χ1) is 9.40. The highest BCUT2D eigenvalue weighted by molar-refractivity contribution is 5.87. The number of anilines is 2. The van der Waals surface area contributed by atoms with Crippen molar-refractivity contribution in [2.45, 2.75) is 0 Å². The average Bonchev–Trinajstić information content (AvgIpc) is 2.42. The molecule has 0 spiro atoms. The van der Waals surface area contributed by atoms with Gasteiger partial charge in [0.25, 0.3) is 0 Å². The molecule has 2 rings (SSSR count). The molecule has 0 bridgehead atoms. The number of aromatic hydroxyl groups is 2. The molecule has 0 saturated carbocycles. The monoisotopic (exact) mass is 276 g/mol. The van der Waals surface area contributed by atoms with E-state index in [2.05, 4.69) is 0 Å². The van der Waals surface area contributed by atoms with E-state index >= 15 is 0 Å². The van der Waals surface area contributed by atoms with Crippen LogP contribution < -0.4 is 16.2 Å². The van der Waals surface area contributed by atoms with Crippen LogP contribution >= 0.6 is 0 Å². The maximum atomic E-state index is 10.7. The molecule has 7 nitrogen and oxygen atoms in total. The summed E-state index contributed by atoms with van der Waals surface area (Å²) in [5.74, 6) is -2.04. The predicted molar refractivity (Wildman–Crippen MR) is 72.1 cm³/mol. The number of nitrogens with two attached hydrogens (primary N) is 2. The van der Waals surface area contributed by atoms with Crippen LogP contribution in [0.5, 0.6) is 23.0 Å². The predicted octanol–water partition coefficient (Wildman–Crippen LogP) is 1.75. The number of aromatic carboxylic acids is 1. The molecule has 0 aliphatic heterocycles. The smallest absolute Gasteiger partial charge is 0.335 e. The Morgan fingerprint density at radius 3 is 1.95 bits per heavy atom. The summed E-state index contributed by atoms with van der Waals surface area (Å²) in [6.07, 6.45) is 0. The summed E-state index contributed by atoms with van der Waals surface area (Å²) >= 11 is 0. The second kappa shape index (κ2) is 4.88. The third kappa shape index (κ3) is 2.37. The van der Waals surface area contributed by atoms with Crippen LogP contribution in [0.3, 0.4) is 0 Å². The number of rotatable bonds is 3. The van der Waals surface area contributed by atoms with Gasteiger partial charge in [-0.2, -0.15) is 0 Å². The number of benzene rings is 2. The zero-order chi connectivity index (χ0) is 14.9. The van der Waals surface area contributed by atoms with Crippen molar-refractivity contribution in [3.63, 3.8) is 0 Å². The van der Waals surface area contributed by atoms with Crippen molar-refractivity contribution in [3.8, 4) is 23.0 Å². The van der Waals surface area contributed by atoms with Crippen LogP contribution in [0.15, 0.2) is 30.3 Å².